The molecular weight excluding hydrogens is 603 g/mol. The zero-order valence-electron chi connectivity index (χ0n) is 25.6. The zero-order chi connectivity index (χ0) is 31.9. The molecule has 1 N–H and O–H groups in total. The first-order valence-corrected chi connectivity index (χ1v) is 17.4. The monoisotopic (exact) mass is 648 g/mol. The van der Waals surface area contributed by atoms with Gasteiger partial charge >= 0.3 is 18.2 Å². The van der Waals surface area contributed by atoms with Gasteiger partial charge in [0.2, 0.25) is 0 Å². The van der Waals surface area contributed by atoms with Crippen LogP contribution in [0.25, 0.3) is 0 Å². The molecule has 0 radical (unpaired) electrons. The summed E-state index contributed by atoms with van der Waals surface area (Å²) in [5.74, 6) is -2.97. The second kappa shape index (κ2) is 13.1. The number of aliphatic hydroxyl groups is 1. The number of likely N-dealkylation sites (N-methyl/N-ethyl adjacent to an activating group) is 1. The average Bonchev–Trinajstić information content (AvgIpc) is 3.26. The summed E-state index contributed by atoms with van der Waals surface area (Å²) in [7, 11) is 0.540. The Morgan fingerprint density at radius 2 is 1.77 bits per heavy atom. The van der Waals surface area contributed by atoms with Crippen LogP contribution in [0.2, 0.25) is 0 Å². The number of aliphatic hydroxyl groups excluding tert-OH is 1. The molecule has 0 bridgehead atoms. The maximum atomic E-state index is 13.3. The van der Waals surface area contributed by atoms with Gasteiger partial charge in [-0.1, -0.05) is 13.0 Å². The summed E-state index contributed by atoms with van der Waals surface area (Å²) in [6, 6.07) is 5.95. The third-order valence-corrected chi connectivity index (χ3v) is 12.5. The number of piperazine rings is 1. The molecule has 1 unspecified atom stereocenters. The quantitative estimate of drug-likeness (QED) is 0.315. The SMILES string of the molecule is CN1CCN(C(=O)Oc2ccc3c(c2)C[C@@H](CCCS(=O)CCCC(F)(F)C(F)(F)F)[C@@H]2[C@@H]3CC[C@]3(C)[C@@H](O)CC[C@@H]23)CC1. The van der Waals surface area contributed by atoms with Gasteiger partial charge < -0.3 is 19.6 Å². The molecule has 12 heteroatoms. The van der Waals surface area contributed by atoms with Crippen LogP contribution in [0, 0.1) is 23.2 Å². The van der Waals surface area contributed by atoms with Crippen LogP contribution >= 0.6 is 0 Å². The highest BCUT2D eigenvalue weighted by Gasteiger charge is 2.57. The molecule has 7 atom stereocenters. The molecule has 3 aliphatic carbocycles. The number of benzene rings is 1. The number of alkyl halides is 5. The van der Waals surface area contributed by atoms with Gasteiger partial charge in [-0.2, -0.15) is 22.0 Å². The van der Waals surface area contributed by atoms with E-state index in [1.807, 2.05) is 19.2 Å². The highest BCUT2D eigenvalue weighted by molar-refractivity contribution is 7.84. The van der Waals surface area contributed by atoms with E-state index in [9.17, 15) is 36.1 Å². The van der Waals surface area contributed by atoms with E-state index in [1.165, 1.54) is 5.56 Å². The van der Waals surface area contributed by atoms with Crippen molar-refractivity contribution in [3.05, 3.63) is 29.3 Å². The molecule has 4 aliphatic rings. The molecule has 6 nitrogen and oxygen atoms in total. The van der Waals surface area contributed by atoms with Crippen molar-refractivity contribution >= 4 is 16.9 Å². The normalized spacial score (nSPS) is 31.6. The van der Waals surface area contributed by atoms with E-state index in [0.717, 1.165) is 57.2 Å². The van der Waals surface area contributed by atoms with Crippen molar-refractivity contribution < 1.29 is 40.8 Å². The van der Waals surface area contributed by atoms with Crippen LogP contribution in [0.3, 0.4) is 0 Å². The topological polar surface area (TPSA) is 70.1 Å². The number of amides is 1. The fourth-order valence-electron chi connectivity index (χ4n) is 8.44. The van der Waals surface area contributed by atoms with Gasteiger partial charge in [0.05, 0.1) is 6.10 Å². The molecule has 3 fully saturated rings. The van der Waals surface area contributed by atoms with E-state index >= 15 is 0 Å². The summed E-state index contributed by atoms with van der Waals surface area (Å²) < 4.78 is 82.3. The predicted octanol–water partition coefficient (Wildman–Crippen LogP) is 6.38. The number of fused-ring (bicyclic) bond motifs is 5. The number of nitrogens with zero attached hydrogens (tertiary/aromatic N) is 2. The largest absolute Gasteiger partial charge is 0.453 e. The zero-order valence-corrected chi connectivity index (χ0v) is 26.4. The Labute approximate surface area is 259 Å². The molecule has 1 amide bonds. The highest BCUT2D eigenvalue weighted by atomic mass is 32.2. The maximum absolute atomic E-state index is 13.3. The highest BCUT2D eigenvalue weighted by Crippen LogP contribution is 2.62. The number of ether oxygens (including phenoxy) is 1. The molecule has 1 heterocycles. The van der Waals surface area contributed by atoms with Gasteiger partial charge in [-0.05, 0) is 111 Å². The van der Waals surface area contributed by atoms with Crippen LogP contribution < -0.4 is 4.74 Å². The lowest BCUT2D eigenvalue weighted by Crippen LogP contribution is -2.48. The van der Waals surface area contributed by atoms with E-state index in [4.69, 9.17) is 4.74 Å². The van der Waals surface area contributed by atoms with E-state index < -0.39 is 35.7 Å². The van der Waals surface area contributed by atoms with E-state index in [2.05, 4.69) is 17.9 Å². The van der Waals surface area contributed by atoms with Crippen molar-refractivity contribution in [2.45, 2.75) is 88.8 Å². The number of rotatable bonds is 9. The Morgan fingerprint density at radius 3 is 2.48 bits per heavy atom. The van der Waals surface area contributed by atoms with Crippen molar-refractivity contribution in [3.63, 3.8) is 0 Å². The maximum Gasteiger partial charge on any atom is 0.453 e. The lowest BCUT2D eigenvalue weighted by molar-refractivity contribution is -0.284. The van der Waals surface area contributed by atoms with Gasteiger partial charge in [0, 0.05) is 54.9 Å². The van der Waals surface area contributed by atoms with Gasteiger partial charge in [-0.25, -0.2) is 4.79 Å². The summed E-state index contributed by atoms with van der Waals surface area (Å²) in [6.45, 7) is 5.02. The number of hydrogen-bond donors (Lipinski definition) is 1. The summed E-state index contributed by atoms with van der Waals surface area (Å²) in [5, 5.41) is 10.9. The Bertz CT molecular complexity index is 1210. The Kier molecular flexibility index (Phi) is 10.0. The van der Waals surface area contributed by atoms with Gasteiger partial charge in [0.15, 0.2) is 0 Å². The summed E-state index contributed by atoms with van der Waals surface area (Å²) in [5.41, 5.74) is 2.25. The lowest BCUT2D eigenvalue weighted by Gasteiger charge is -2.53. The van der Waals surface area contributed by atoms with Gasteiger partial charge in [-0.3, -0.25) is 4.21 Å². The van der Waals surface area contributed by atoms with Crippen LogP contribution in [0.5, 0.6) is 5.75 Å². The second-order valence-corrected chi connectivity index (χ2v) is 15.4. The first-order chi connectivity index (χ1) is 20.7. The molecule has 5 rings (SSSR count). The molecule has 0 aromatic heterocycles. The third kappa shape index (κ3) is 6.97. The van der Waals surface area contributed by atoms with Crippen molar-refractivity contribution in [2.75, 3.05) is 44.7 Å². The molecule has 1 aliphatic heterocycles. The fraction of sp³-hybridized carbons (Fsp3) is 0.781. The summed E-state index contributed by atoms with van der Waals surface area (Å²) in [4.78, 5) is 16.7. The van der Waals surface area contributed by atoms with Crippen molar-refractivity contribution in [1.82, 2.24) is 9.80 Å². The van der Waals surface area contributed by atoms with E-state index in [-0.39, 0.29) is 35.0 Å². The van der Waals surface area contributed by atoms with Crippen molar-refractivity contribution in [3.8, 4) is 5.75 Å². The molecule has 248 valence electrons. The summed E-state index contributed by atoms with van der Waals surface area (Å²) in [6.07, 6.45) is -2.41. The molecule has 0 spiro atoms. The predicted molar refractivity (Wildman–Crippen MR) is 158 cm³/mol. The fourth-order valence-corrected chi connectivity index (χ4v) is 9.60. The first-order valence-electron chi connectivity index (χ1n) is 16.0. The van der Waals surface area contributed by atoms with E-state index in [0.29, 0.717) is 43.0 Å². The van der Waals surface area contributed by atoms with Gasteiger partial charge in [-0.15, -0.1) is 0 Å². The van der Waals surface area contributed by atoms with Crippen LogP contribution in [-0.4, -0.2) is 88.1 Å². The van der Waals surface area contributed by atoms with Gasteiger partial charge in [0.1, 0.15) is 5.75 Å². The average molecular weight is 649 g/mol. The Balaban J connectivity index is 1.26. The number of carbonyl (C=O) groups is 1. The molecule has 1 aromatic carbocycles. The number of hydrogen-bond acceptors (Lipinski definition) is 5. The minimum absolute atomic E-state index is 0.151. The van der Waals surface area contributed by atoms with Gasteiger partial charge in [0.25, 0.3) is 0 Å². The standard InChI is InChI=1S/C32H45F5N2O4S/c1-30-12-10-25-24-7-6-23(43-29(41)39-15-13-38(2)14-16-39)20-22(24)19-21(28(25)26(30)8-9-27(30)40)5-3-17-44(42)18-4-11-31(33,34)32(35,36)37/h6-7,20-21,25-28,40H,3-5,8-19H2,1-2H3/t21-,25-,26+,27+,28-,30+,44?/m1/s1. The summed E-state index contributed by atoms with van der Waals surface area (Å²) >= 11 is 0. The third-order valence-electron chi connectivity index (χ3n) is 11.0. The number of halogens is 5. The molecular formula is C32H45F5N2O4S. The minimum atomic E-state index is -5.59. The smallest absolute Gasteiger partial charge is 0.410 e. The Hall–Kier alpha value is -1.79. The van der Waals surface area contributed by atoms with Crippen LogP contribution in [0.1, 0.15) is 75.3 Å². The molecule has 2 saturated carbocycles. The Morgan fingerprint density at radius 1 is 1.07 bits per heavy atom. The molecule has 44 heavy (non-hydrogen) atoms. The second-order valence-electron chi connectivity index (χ2n) is 13.7. The lowest BCUT2D eigenvalue weighted by atomic mass is 9.52. The number of carbonyl (C=O) groups excluding carboxylic acids is 1. The molecule has 1 aromatic rings. The molecule has 1 saturated heterocycles. The van der Waals surface area contributed by atoms with Crippen LogP contribution in [0.15, 0.2) is 18.2 Å². The van der Waals surface area contributed by atoms with E-state index in [1.54, 1.807) is 4.90 Å². The first kappa shape index (κ1) is 33.6. The minimum Gasteiger partial charge on any atom is -0.410 e. The van der Waals surface area contributed by atoms with Crippen LogP contribution in [0.4, 0.5) is 26.7 Å². The van der Waals surface area contributed by atoms with Crippen molar-refractivity contribution in [2.24, 2.45) is 23.2 Å². The van der Waals surface area contributed by atoms with Crippen LogP contribution in [-0.2, 0) is 17.2 Å². The van der Waals surface area contributed by atoms with Crippen molar-refractivity contribution in [1.29, 1.82) is 0 Å².